The molecule has 0 saturated carbocycles. The second-order valence-corrected chi connectivity index (χ2v) is 7.25. The van der Waals surface area contributed by atoms with Gasteiger partial charge in [0.15, 0.2) is 0 Å². The Labute approximate surface area is 129 Å². The molecule has 1 aromatic rings. The summed E-state index contributed by atoms with van der Waals surface area (Å²) in [5, 5.41) is 4.32. The van der Waals surface area contributed by atoms with Gasteiger partial charge in [-0.15, -0.1) is 11.3 Å². The molecule has 0 bridgehead atoms. The Bertz CT molecular complexity index is 533. The van der Waals surface area contributed by atoms with Crippen LogP contribution in [0.4, 0.5) is 4.79 Å². The molecule has 0 fully saturated rings. The van der Waals surface area contributed by atoms with E-state index < -0.39 is 5.60 Å². The van der Waals surface area contributed by atoms with Crippen LogP contribution in [0.1, 0.15) is 30.7 Å². The van der Waals surface area contributed by atoms with E-state index in [1.54, 1.807) is 16.2 Å². The number of thiazole rings is 1. The first-order valence-electron chi connectivity index (χ1n) is 7.00. The van der Waals surface area contributed by atoms with E-state index in [-0.39, 0.29) is 6.09 Å². The van der Waals surface area contributed by atoms with Gasteiger partial charge in [-0.25, -0.2) is 9.78 Å². The first kappa shape index (κ1) is 15.8. The number of carbonyl (C=O) groups is 1. The van der Waals surface area contributed by atoms with Gasteiger partial charge in [-0.1, -0.05) is 0 Å². The Balaban J connectivity index is 1.85. The van der Waals surface area contributed by atoms with Crippen LogP contribution < -0.4 is 5.32 Å². The molecular formula is C14H22N4O2S. The molecule has 0 spiro atoms. The van der Waals surface area contributed by atoms with Crippen LogP contribution in [0.3, 0.4) is 0 Å². The fourth-order valence-electron chi connectivity index (χ4n) is 1.89. The van der Waals surface area contributed by atoms with Gasteiger partial charge in [-0.2, -0.15) is 0 Å². The van der Waals surface area contributed by atoms with Crippen molar-refractivity contribution in [3.63, 3.8) is 0 Å². The number of rotatable bonds is 2. The number of aryl methyl sites for hydroxylation is 1. The highest BCUT2D eigenvalue weighted by molar-refractivity contribution is 7.11. The van der Waals surface area contributed by atoms with Crippen LogP contribution in [0.5, 0.6) is 0 Å². The van der Waals surface area contributed by atoms with Crippen molar-refractivity contribution in [1.82, 2.24) is 15.2 Å². The van der Waals surface area contributed by atoms with Crippen molar-refractivity contribution in [1.29, 1.82) is 0 Å². The second-order valence-electron chi connectivity index (χ2n) is 5.93. The third kappa shape index (κ3) is 5.00. The molecule has 116 valence electrons. The van der Waals surface area contributed by atoms with Gasteiger partial charge < -0.3 is 10.1 Å². The zero-order valence-corrected chi connectivity index (χ0v) is 13.8. The highest BCUT2D eigenvalue weighted by Crippen LogP contribution is 2.12. The van der Waals surface area contributed by atoms with E-state index in [4.69, 9.17) is 4.74 Å². The summed E-state index contributed by atoms with van der Waals surface area (Å²) in [6.07, 6.45) is 1.58. The fraction of sp³-hybridized carbons (Fsp3) is 0.643. The minimum Gasteiger partial charge on any atom is -0.444 e. The normalized spacial score (nSPS) is 15.6. The zero-order valence-electron chi connectivity index (χ0n) is 13.0. The SMILES string of the molecule is Cc1ncc(CNC2=NCCN(C(=O)OC(C)(C)C)C2)s1. The summed E-state index contributed by atoms with van der Waals surface area (Å²) in [7, 11) is 0. The standard InChI is InChI=1S/C14H22N4O2S/c1-10-16-7-11(21-10)8-17-12-9-18(6-5-15-12)13(19)20-14(2,3)4/h7H,5-6,8-9H2,1-4H3,(H,15,17). The lowest BCUT2D eigenvalue weighted by Crippen LogP contribution is -2.47. The lowest BCUT2D eigenvalue weighted by Gasteiger charge is -2.29. The number of aliphatic imine (C=N–C) groups is 1. The van der Waals surface area contributed by atoms with Crippen LogP contribution in [0.15, 0.2) is 11.2 Å². The molecule has 0 saturated heterocycles. The van der Waals surface area contributed by atoms with Gasteiger partial charge in [0.05, 0.1) is 24.6 Å². The van der Waals surface area contributed by atoms with Crippen molar-refractivity contribution < 1.29 is 9.53 Å². The first-order chi connectivity index (χ1) is 9.83. The zero-order chi connectivity index (χ0) is 15.5. The minimum atomic E-state index is -0.473. The molecular weight excluding hydrogens is 288 g/mol. The molecule has 0 unspecified atom stereocenters. The molecule has 6 nitrogen and oxygen atoms in total. The number of nitrogens with zero attached hydrogens (tertiary/aromatic N) is 3. The minimum absolute atomic E-state index is 0.287. The number of aromatic nitrogens is 1. The summed E-state index contributed by atoms with van der Waals surface area (Å²) in [5.74, 6) is 0.818. The van der Waals surface area contributed by atoms with E-state index in [0.29, 0.717) is 26.2 Å². The highest BCUT2D eigenvalue weighted by Gasteiger charge is 2.24. The Morgan fingerprint density at radius 3 is 2.90 bits per heavy atom. The van der Waals surface area contributed by atoms with Crippen molar-refractivity contribution in [2.24, 2.45) is 4.99 Å². The second kappa shape index (κ2) is 6.43. The molecule has 2 rings (SSSR count). The maximum absolute atomic E-state index is 12.0. The number of nitrogens with one attached hydrogen (secondary N) is 1. The van der Waals surface area contributed by atoms with Crippen molar-refractivity contribution in [2.75, 3.05) is 19.6 Å². The molecule has 0 radical (unpaired) electrons. The third-order valence-corrected chi connectivity index (χ3v) is 3.71. The smallest absolute Gasteiger partial charge is 0.410 e. The highest BCUT2D eigenvalue weighted by atomic mass is 32.1. The van der Waals surface area contributed by atoms with Gasteiger partial charge in [0.25, 0.3) is 0 Å². The number of hydrogen-bond donors (Lipinski definition) is 1. The lowest BCUT2D eigenvalue weighted by molar-refractivity contribution is 0.0276. The molecule has 1 N–H and O–H groups in total. The molecule has 1 amide bonds. The number of hydrogen-bond acceptors (Lipinski definition) is 6. The van der Waals surface area contributed by atoms with Gasteiger partial charge in [0, 0.05) is 17.6 Å². The van der Waals surface area contributed by atoms with Gasteiger partial charge >= 0.3 is 6.09 Å². The summed E-state index contributed by atoms with van der Waals surface area (Å²) in [6.45, 7) is 9.94. The molecule has 7 heteroatoms. The third-order valence-electron chi connectivity index (χ3n) is 2.80. The average molecular weight is 310 g/mol. The predicted octanol–water partition coefficient (Wildman–Crippen LogP) is 2.19. The van der Waals surface area contributed by atoms with Crippen molar-refractivity contribution in [3.05, 3.63) is 16.1 Å². The molecule has 0 aromatic carbocycles. The van der Waals surface area contributed by atoms with Crippen LogP contribution in [-0.4, -0.2) is 47.0 Å². The maximum Gasteiger partial charge on any atom is 0.410 e. The van der Waals surface area contributed by atoms with Crippen molar-refractivity contribution in [2.45, 2.75) is 39.8 Å². The Morgan fingerprint density at radius 2 is 2.29 bits per heavy atom. The summed E-state index contributed by atoms with van der Waals surface area (Å²) in [4.78, 5) is 23.5. The number of carbonyl (C=O) groups excluding carboxylic acids is 1. The lowest BCUT2D eigenvalue weighted by atomic mass is 10.2. The van der Waals surface area contributed by atoms with E-state index in [9.17, 15) is 4.79 Å². The largest absolute Gasteiger partial charge is 0.444 e. The van der Waals surface area contributed by atoms with Crippen LogP contribution in [0, 0.1) is 6.92 Å². The Hall–Kier alpha value is -1.63. The van der Waals surface area contributed by atoms with E-state index in [2.05, 4.69) is 15.3 Å². The van der Waals surface area contributed by atoms with Crippen LogP contribution >= 0.6 is 11.3 Å². The van der Waals surface area contributed by atoms with Crippen molar-refractivity contribution in [3.8, 4) is 0 Å². The molecule has 2 heterocycles. The maximum atomic E-state index is 12.0. The van der Waals surface area contributed by atoms with Gasteiger partial charge in [-0.3, -0.25) is 9.89 Å². The summed E-state index contributed by atoms with van der Waals surface area (Å²) >= 11 is 1.66. The topological polar surface area (TPSA) is 66.8 Å². The molecule has 1 aliphatic heterocycles. The molecule has 0 atom stereocenters. The number of amidine groups is 1. The fourth-order valence-corrected chi connectivity index (χ4v) is 2.62. The van der Waals surface area contributed by atoms with Crippen LogP contribution in [0.2, 0.25) is 0 Å². The number of amides is 1. The first-order valence-corrected chi connectivity index (χ1v) is 7.81. The van der Waals surface area contributed by atoms with E-state index in [1.165, 1.54) is 0 Å². The Kier molecular flexibility index (Phi) is 4.82. The van der Waals surface area contributed by atoms with E-state index in [0.717, 1.165) is 15.7 Å². The van der Waals surface area contributed by atoms with Crippen LogP contribution in [-0.2, 0) is 11.3 Å². The molecule has 21 heavy (non-hydrogen) atoms. The van der Waals surface area contributed by atoms with Gasteiger partial charge in [0.1, 0.15) is 11.4 Å². The number of ether oxygens (including phenoxy) is 1. The quantitative estimate of drug-likeness (QED) is 0.909. The predicted molar refractivity (Wildman–Crippen MR) is 83.8 cm³/mol. The van der Waals surface area contributed by atoms with Crippen molar-refractivity contribution >= 4 is 23.3 Å². The summed E-state index contributed by atoms with van der Waals surface area (Å²) < 4.78 is 5.39. The van der Waals surface area contributed by atoms with Crippen LogP contribution in [0.25, 0.3) is 0 Å². The molecule has 0 aliphatic carbocycles. The van der Waals surface area contributed by atoms with Gasteiger partial charge in [0.2, 0.25) is 0 Å². The van der Waals surface area contributed by atoms with E-state index in [1.807, 2.05) is 33.9 Å². The van der Waals surface area contributed by atoms with Gasteiger partial charge in [-0.05, 0) is 27.7 Å². The average Bonchev–Trinajstić information content (AvgIpc) is 2.81. The summed E-state index contributed by atoms with van der Waals surface area (Å²) in [6, 6.07) is 0. The summed E-state index contributed by atoms with van der Waals surface area (Å²) in [5.41, 5.74) is -0.473. The van der Waals surface area contributed by atoms with E-state index >= 15 is 0 Å². The monoisotopic (exact) mass is 310 g/mol. The Morgan fingerprint density at radius 1 is 1.52 bits per heavy atom. The molecule has 1 aliphatic rings. The molecule has 1 aromatic heterocycles.